The van der Waals surface area contributed by atoms with Gasteiger partial charge in [-0.15, -0.1) is 0 Å². The minimum Gasteiger partial charge on any atom is -0.433 e. The van der Waals surface area contributed by atoms with Gasteiger partial charge in [0.15, 0.2) is 5.60 Å². The number of hydrogen-bond donors (Lipinski definition) is 1. The molecule has 0 aromatic carbocycles. The van der Waals surface area contributed by atoms with Gasteiger partial charge >= 0.3 is 5.97 Å². The van der Waals surface area contributed by atoms with E-state index in [0.717, 1.165) is 12.8 Å². The average Bonchev–Trinajstić information content (AvgIpc) is 2.82. The van der Waals surface area contributed by atoms with Crippen molar-refractivity contribution in [2.45, 2.75) is 104 Å². The molecule has 3 atom stereocenters. The monoisotopic (exact) mass is 340 g/mol. The number of carbonyl (C=O) groups excluding carboxylic acids is 1. The standard InChI is InChI=1S/C20H36O4/c1-6-7-8-9-10-11-12-13-14-15-16(21)20(5)17(22)23-18(24-20)19(2,3)4/h14-16,18,21H,6-13H2,1-5H3/b15-14+/t16-,18-,20-/m1/s1. The number of ether oxygens (including phenoxy) is 2. The second-order valence-corrected chi connectivity index (χ2v) is 8.11. The summed E-state index contributed by atoms with van der Waals surface area (Å²) in [6.07, 6.45) is 11.8. The number of rotatable bonds is 10. The first-order chi connectivity index (χ1) is 11.2. The summed E-state index contributed by atoms with van der Waals surface area (Å²) in [6.45, 7) is 9.66. The molecule has 0 unspecified atom stereocenters. The van der Waals surface area contributed by atoms with Gasteiger partial charge in [-0.3, -0.25) is 0 Å². The first kappa shape index (κ1) is 21.2. The number of cyclic esters (lactones) is 1. The van der Waals surface area contributed by atoms with Gasteiger partial charge in [-0.25, -0.2) is 4.79 Å². The van der Waals surface area contributed by atoms with E-state index in [4.69, 9.17) is 9.47 Å². The molecule has 1 aliphatic rings. The van der Waals surface area contributed by atoms with E-state index < -0.39 is 24.0 Å². The molecule has 1 aliphatic heterocycles. The summed E-state index contributed by atoms with van der Waals surface area (Å²) in [5, 5.41) is 10.3. The van der Waals surface area contributed by atoms with Crippen LogP contribution in [0, 0.1) is 5.41 Å². The van der Waals surface area contributed by atoms with E-state index in [9.17, 15) is 9.90 Å². The minimum atomic E-state index is -1.31. The summed E-state index contributed by atoms with van der Waals surface area (Å²) in [5.41, 5.74) is -1.62. The molecule has 4 heteroatoms. The summed E-state index contributed by atoms with van der Waals surface area (Å²) in [5.74, 6) is -0.490. The number of esters is 1. The molecule has 0 aliphatic carbocycles. The number of allylic oxidation sites excluding steroid dienone is 1. The third-order valence-electron chi connectivity index (χ3n) is 4.54. The lowest BCUT2D eigenvalue weighted by Gasteiger charge is -2.27. The smallest absolute Gasteiger partial charge is 0.343 e. The molecule has 0 aromatic rings. The predicted molar refractivity (Wildman–Crippen MR) is 96.6 cm³/mol. The van der Waals surface area contributed by atoms with E-state index in [-0.39, 0.29) is 5.41 Å². The first-order valence-corrected chi connectivity index (χ1v) is 9.45. The first-order valence-electron chi connectivity index (χ1n) is 9.45. The van der Waals surface area contributed by atoms with E-state index in [1.165, 1.54) is 38.5 Å². The fraction of sp³-hybridized carbons (Fsp3) is 0.850. The summed E-state index contributed by atoms with van der Waals surface area (Å²) >= 11 is 0. The van der Waals surface area contributed by atoms with Crippen LogP contribution < -0.4 is 0 Å². The van der Waals surface area contributed by atoms with Gasteiger partial charge in [0.1, 0.15) is 6.10 Å². The zero-order chi connectivity index (χ0) is 18.2. The fourth-order valence-corrected chi connectivity index (χ4v) is 2.68. The highest BCUT2D eigenvalue weighted by Crippen LogP contribution is 2.36. The second-order valence-electron chi connectivity index (χ2n) is 8.11. The summed E-state index contributed by atoms with van der Waals surface area (Å²) < 4.78 is 11.0. The van der Waals surface area contributed by atoms with Crippen molar-refractivity contribution in [1.82, 2.24) is 0 Å². The Morgan fingerprint density at radius 1 is 1.17 bits per heavy atom. The largest absolute Gasteiger partial charge is 0.433 e. The Kier molecular flexibility index (Phi) is 8.44. The molecule has 1 N–H and O–H groups in total. The van der Waals surface area contributed by atoms with Gasteiger partial charge < -0.3 is 14.6 Å². The van der Waals surface area contributed by atoms with Crippen molar-refractivity contribution in [2.24, 2.45) is 5.41 Å². The van der Waals surface area contributed by atoms with Crippen LogP contribution >= 0.6 is 0 Å². The second kappa shape index (κ2) is 9.57. The lowest BCUT2D eigenvalue weighted by atomic mass is 9.95. The van der Waals surface area contributed by atoms with Crippen molar-refractivity contribution in [1.29, 1.82) is 0 Å². The lowest BCUT2D eigenvalue weighted by molar-refractivity contribution is -0.160. The Hall–Kier alpha value is -0.870. The maximum Gasteiger partial charge on any atom is 0.343 e. The van der Waals surface area contributed by atoms with Crippen LogP contribution in [-0.2, 0) is 14.3 Å². The molecule has 1 heterocycles. The Balaban J connectivity index is 2.33. The van der Waals surface area contributed by atoms with Crippen molar-refractivity contribution in [3.8, 4) is 0 Å². The fourth-order valence-electron chi connectivity index (χ4n) is 2.68. The van der Waals surface area contributed by atoms with Crippen LogP contribution in [0.1, 0.15) is 86.0 Å². The van der Waals surface area contributed by atoms with Crippen LogP contribution in [0.25, 0.3) is 0 Å². The highest BCUT2D eigenvalue weighted by atomic mass is 16.8. The summed E-state index contributed by atoms with van der Waals surface area (Å²) in [7, 11) is 0. The predicted octanol–water partition coefficient (Wildman–Crippen LogP) is 4.75. The van der Waals surface area contributed by atoms with E-state index in [0.29, 0.717) is 0 Å². The average molecular weight is 341 g/mol. The molecule has 0 saturated carbocycles. The molecule has 1 fully saturated rings. The van der Waals surface area contributed by atoms with Gasteiger partial charge in [0, 0.05) is 5.41 Å². The Morgan fingerprint density at radius 3 is 2.29 bits per heavy atom. The van der Waals surface area contributed by atoms with Gasteiger partial charge in [-0.1, -0.05) is 78.4 Å². The van der Waals surface area contributed by atoms with Gasteiger partial charge in [0.25, 0.3) is 0 Å². The van der Waals surface area contributed by atoms with Crippen LogP contribution in [0.4, 0.5) is 0 Å². The number of aliphatic hydroxyl groups excluding tert-OH is 1. The molecular formula is C20H36O4. The van der Waals surface area contributed by atoms with Gasteiger partial charge in [0.05, 0.1) is 0 Å². The van der Waals surface area contributed by atoms with Crippen molar-refractivity contribution in [3.63, 3.8) is 0 Å². The third-order valence-corrected chi connectivity index (χ3v) is 4.54. The lowest BCUT2D eigenvalue weighted by Crippen LogP contribution is -2.44. The Labute approximate surface area is 147 Å². The summed E-state index contributed by atoms with van der Waals surface area (Å²) in [6, 6.07) is 0. The molecular weight excluding hydrogens is 304 g/mol. The molecule has 0 radical (unpaired) electrons. The maximum absolute atomic E-state index is 12.1. The highest BCUT2D eigenvalue weighted by molar-refractivity contribution is 5.82. The summed E-state index contributed by atoms with van der Waals surface area (Å²) in [4.78, 5) is 12.1. The van der Waals surface area contributed by atoms with Crippen molar-refractivity contribution in [2.75, 3.05) is 0 Å². The highest BCUT2D eigenvalue weighted by Gasteiger charge is 2.53. The number of carbonyl (C=O) groups is 1. The molecule has 0 amide bonds. The van der Waals surface area contributed by atoms with E-state index >= 15 is 0 Å². The van der Waals surface area contributed by atoms with Crippen molar-refractivity contribution < 1.29 is 19.4 Å². The molecule has 24 heavy (non-hydrogen) atoms. The maximum atomic E-state index is 12.1. The number of unbranched alkanes of at least 4 members (excludes halogenated alkanes) is 7. The van der Waals surface area contributed by atoms with E-state index in [1.807, 2.05) is 26.8 Å². The van der Waals surface area contributed by atoms with Crippen LogP contribution in [0.3, 0.4) is 0 Å². The number of hydrogen-bond acceptors (Lipinski definition) is 4. The minimum absolute atomic E-state index is 0.311. The molecule has 0 bridgehead atoms. The third kappa shape index (κ3) is 6.21. The zero-order valence-electron chi connectivity index (χ0n) is 16.1. The van der Waals surface area contributed by atoms with E-state index in [2.05, 4.69) is 6.92 Å². The van der Waals surface area contributed by atoms with Crippen molar-refractivity contribution in [3.05, 3.63) is 12.2 Å². The quantitative estimate of drug-likeness (QED) is 0.354. The van der Waals surface area contributed by atoms with Crippen LogP contribution in [0.2, 0.25) is 0 Å². The molecule has 1 rings (SSSR count). The van der Waals surface area contributed by atoms with Gasteiger partial charge in [0.2, 0.25) is 6.29 Å². The molecule has 4 nitrogen and oxygen atoms in total. The number of aliphatic hydroxyl groups is 1. The molecule has 140 valence electrons. The Bertz CT molecular complexity index is 410. The molecule has 0 spiro atoms. The SMILES string of the molecule is CCCCCCCCC/C=C/[C@@H](O)[C@@]1(C)O[C@H](C(C)(C)C)OC1=O. The van der Waals surface area contributed by atoms with Crippen LogP contribution in [-0.4, -0.2) is 29.1 Å². The van der Waals surface area contributed by atoms with E-state index in [1.54, 1.807) is 13.0 Å². The zero-order valence-corrected chi connectivity index (χ0v) is 16.1. The van der Waals surface area contributed by atoms with Crippen molar-refractivity contribution >= 4 is 5.97 Å². The van der Waals surface area contributed by atoms with Gasteiger partial charge in [-0.05, 0) is 19.8 Å². The topological polar surface area (TPSA) is 55.8 Å². The van der Waals surface area contributed by atoms with Crippen LogP contribution in [0.15, 0.2) is 12.2 Å². The molecule has 1 saturated heterocycles. The van der Waals surface area contributed by atoms with Gasteiger partial charge in [-0.2, -0.15) is 0 Å². The Morgan fingerprint density at radius 2 is 1.75 bits per heavy atom. The normalized spacial score (nSPS) is 26.1. The molecule has 0 aromatic heterocycles. The van der Waals surface area contributed by atoms with Crippen LogP contribution in [0.5, 0.6) is 0 Å².